The van der Waals surface area contributed by atoms with E-state index in [2.05, 4.69) is 5.10 Å². The van der Waals surface area contributed by atoms with Crippen molar-refractivity contribution in [2.45, 2.75) is 6.92 Å². The summed E-state index contributed by atoms with van der Waals surface area (Å²) in [5, 5.41) is 14.4. The Bertz CT molecular complexity index is 821. The molecule has 0 bridgehead atoms. The molecule has 0 aliphatic rings. The number of aromatic carboxylic acids is 1. The average Bonchev–Trinajstić information content (AvgIpc) is 2.94. The molecule has 5 heteroatoms. The van der Waals surface area contributed by atoms with Crippen LogP contribution in [0, 0.1) is 6.92 Å². The molecule has 0 radical (unpaired) electrons. The smallest absolute Gasteiger partial charge is 0.354 e. The Morgan fingerprint density at radius 1 is 1.09 bits per heavy atom. The molecule has 0 unspecified atom stereocenters. The Hall–Kier alpha value is -2.59. The number of halogens is 1. The first-order valence-corrected chi connectivity index (χ1v) is 7.09. The summed E-state index contributed by atoms with van der Waals surface area (Å²) in [4.78, 5) is 11.5. The van der Waals surface area contributed by atoms with Crippen LogP contribution < -0.4 is 0 Å². The Morgan fingerprint density at radius 3 is 2.32 bits per heavy atom. The van der Waals surface area contributed by atoms with E-state index in [1.165, 1.54) is 4.68 Å². The predicted octanol–water partition coefficient (Wildman–Crippen LogP) is 4.20. The van der Waals surface area contributed by atoms with Gasteiger partial charge in [-0.15, -0.1) is 0 Å². The zero-order chi connectivity index (χ0) is 15.7. The summed E-state index contributed by atoms with van der Waals surface area (Å²) in [5.41, 5.74) is 3.39. The second kappa shape index (κ2) is 5.66. The van der Waals surface area contributed by atoms with Crippen molar-refractivity contribution < 1.29 is 9.90 Å². The number of rotatable bonds is 3. The minimum Gasteiger partial charge on any atom is -0.477 e. The van der Waals surface area contributed by atoms with Gasteiger partial charge in [0.25, 0.3) is 0 Å². The summed E-state index contributed by atoms with van der Waals surface area (Å²) in [6.45, 7) is 2.00. The van der Waals surface area contributed by atoms with Crippen LogP contribution in [0.15, 0.2) is 54.6 Å². The van der Waals surface area contributed by atoms with Gasteiger partial charge in [-0.25, -0.2) is 9.48 Å². The summed E-state index contributed by atoms with van der Waals surface area (Å²) < 4.78 is 1.41. The Balaban J connectivity index is 2.11. The van der Waals surface area contributed by atoms with Crippen LogP contribution >= 0.6 is 11.6 Å². The Morgan fingerprint density at radius 2 is 1.73 bits per heavy atom. The topological polar surface area (TPSA) is 55.1 Å². The molecule has 0 spiro atoms. The second-order valence-electron chi connectivity index (χ2n) is 4.97. The zero-order valence-corrected chi connectivity index (χ0v) is 12.6. The second-order valence-corrected chi connectivity index (χ2v) is 5.41. The predicted molar refractivity (Wildman–Crippen MR) is 85.7 cm³/mol. The largest absolute Gasteiger partial charge is 0.477 e. The molecule has 110 valence electrons. The van der Waals surface area contributed by atoms with E-state index in [4.69, 9.17) is 11.6 Å². The van der Waals surface area contributed by atoms with Gasteiger partial charge in [0.05, 0.1) is 11.4 Å². The lowest BCUT2D eigenvalue weighted by molar-refractivity contribution is 0.0687. The first kappa shape index (κ1) is 14.4. The van der Waals surface area contributed by atoms with Crippen molar-refractivity contribution in [3.8, 4) is 16.9 Å². The first-order valence-electron chi connectivity index (χ1n) is 6.71. The summed E-state index contributed by atoms with van der Waals surface area (Å²) in [5.74, 6) is -1.03. The Kier molecular flexibility index (Phi) is 3.69. The maximum Gasteiger partial charge on any atom is 0.354 e. The lowest BCUT2D eigenvalue weighted by Gasteiger charge is -2.04. The highest BCUT2D eigenvalue weighted by atomic mass is 35.5. The molecular formula is C17H13ClN2O2. The highest BCUT2D eigenvalue weighted by Gasteiger charge is 2.16. The van der Waals surface area contributed by atoms with Gasteiger partial charge in [0.1, 0.15) is 0 Å². The van der Waals surface area contributed by atoms with Crippen molar-refractivity contribution in [2.75, 3.05) is 0 Å². The Labute approximate surface area is 132 Å². The van der Waals surface area contributed by atoms with Gasteiger partial charge in [-0.1, -0.05) is 41.4 Å². The fourth-order valence-corrected chi connectivity index (χ4v) is 2.30. The molecule has 1 aromatic heterocycles. The van der Waals surface area contributed by atoms with Gasteiger partial charge >= 0.3 is 5.97 Å². The fourth-order valence-electron chi connectivity index (χ4n) is 2.18. The highest BCUT2D eigenvalue weighted by Crippen LogP contribution is 2.23. The van der Waals surface area contributed by atoms with Crippen LogP contribution in [-0.2, 0) is 0 Å². The molecule has 0 fully saturated rings. The molecule has 0 saturated heterocycles. The molecule has 1 N–H and O–H groups in total. The number of carboxylic acid groups (broad SMARTS) is 1. The molecule has 3 rings (SSSR count). The number of hydrogen-bond acceptors (Lipinski definition) is 2. The zero-order valence-electron chi connectivity index (χ0n) is 11.8. The molecule has 4 nitrogen and oxygen atoms in total. The molecule has 1 heterocycles. The molecular weight excluding hydrogens is 300 g/mol. The number of nitrogens with zero attached hydrogens (tertiary/aromatic N) is 2. The van der Waals surface area contributed by atoms with E-state index in [1.54, 1.807) is 30.3 Å². The number of hydrogen-bond donors (Lipinski definition) is 1. The maximum absolute atomic E-state index is 11.5. The van der Waals surface area contributed by atoms with E-state index in [0.717, 1.165) is 11.1 Å². The van der Waals surface area contributed by atoms with Crippen LogP contribution in [-0.4, -0.2) is 20.9 Å². The van der Waals surface area contributed by atoms with E-state index in [1.807, 2.05) is 31.2 Å². The van der Waals surface area contributed by atoms with Crippen LogP contribution in [0.4, 0.5) is 0 Å². The number of aryl methyl sites for hydroxylation is 1. The number of carboxylic acids is 1. The van der Waals surface area contributed by atoms with Crippen molar-refractivity contribution in [3.63, 3.8) is 0 Å². The van der Waals surface area contributed by atoms with Crippen molar-refractivity contribution >= 4 is 17.6 Å². The molecule has 3 aromatic rings. The van der Waals surface area contributed by atoms with Crippen LogP contribution in [0.5, 0.6) is 0 Å². The van der Waals surface area contributed by atoms with Crippen molar-refractivity contribution in [3.05, 3.63) is 70.9 Å². The van der Waals surface area contributed by atoms with Gasteiger partial charge in [0.2, 0.25) is 0 Å². The highest BCUT2D eigenvalue weighted by molar-refractivity contribution is 6.30. The standard InChI is InChI=1S/C17H13ClN2O2/c1-11-2-4-12(5-3-11)15-10-16(17(21)22)20(19-15)14-8-6-13(18)7-9-14/h2-10H,1H3,(H,21,22). The minimum absolute atomic E-state index is 0.109. The maximum atomic E-state index is 11.5. The third-order valence-corrected chi connectivity index (χ3v) is 3.60. The van der Waals surface area contributed by atoms with E-state index in [9.17, 15) is 9.90 Å². The SMILES string of the molecule is Cc1ccc(-c2cc(C(=O)O)n(-c3ccc(Cl)cc3)n2)cc1. The van der Waals surface area contributed by atoms with Gasteiger partial charge in [0, 0.05) is 10.6 Å². The molecule has 0 amide bonds. The summed E-state index contributed by atoms with van der Waals surface area (Å²) in [6.07, 6.45) is 0. The average molecular weight is 313 g/mol. The van der Waals surface area contributed by atoms with Crippen LogP contribution in [0.1, 0.15) is 16.1 Å². The molecule has 0 aliphatic heterocycles. The fraction of sp³-hybridized carbons (Fsp3) is 0.0588. The van der Waals surface area contributed by atoms with Crippen molar-refractivity contribution in [2.24, 2.45) is 0 Å². The third kappa shape index (κ3) is 2.73. The van der Waals surface area contributed by atoms with Gasteiger partial charge in [-0.2, -0.15) is 5.10 Å². The number of aromatic nitrogens is 2. The van der Waals surface area contributed by atoms with Gasteiger partial charge in [0.15, 0.2) is 5.69 Å². The number of carbonyl (C=O) groups is 1. The van der Waals surface area contributed by atoms with Gasteiger partial charge < -0.3 is 5.11 Å². The molecule has 0 atom stereocenters. The van der Waals surface area contributed by atoms with E-state index >= 15 is 0 Å². The van der Waals surface area contributed by atoms with Gasteiger partial charge in [-0.3, -0.25) is 0 Å². The van der Waals surface area contributed by atoms with Crippen LogP contribution in [0.25, 0.3) is 16.9 Å². The monoisotopic (exact) mass is 312 g/mol. The summed E-state index contributed by atoms with van der Waals surface area (Å²) in [6, 6.07) is 16.2. The van der Waals surface area contributed by atoms with E-state index in [-0.39, 0.29) is 5.69 Å². The molecule has 0 aliphatic carbocycles. The third-order valence-electron chi connectivity index (χ3n) is 3.35. The van der Waals surface area contributed by atoms with Gasteiger partial charge in [-0.05, 0) is 37.3 Å². The number of benzene rings is 2. The van der Waals surface area contributed by atoms with Crippen LogP contribution in [0.3, 0.4) is 0 Å². The lowest BCUT2D eigenvalue weighted by Crippen LogP contribution is -2.07. The van der Waals surface area contributed by atoms with Crippen molar-refractivity contribution in [1.82, 2.24) is 9.78 Å². The molecule has 22 heavy (non-hydrogen) atoms. The normalized spacial score (nSPS) is 10.6. The van der Waals surface area contributed by atoms with E-state index < -0.39 is 5.97 Å². The molecule has 0 saturated carbocycles. The van der Waals surface area contributed by atoms with Crippen LogP contribution in [0.2, 0.25) is 5.02 Å². The summed E-state index contributed by atoms with van der Waals surface area (Å²) in [7, 11) is 0. The quantitative estimate of drug-likeness (QED) is 0.788. The lowest BCUT2D eigenvalue weighted by atomic mass is 10.1. The van der Waals surface area contributed by atoms with Crippen molar-refractivity contribution in [1.29, 1.82) is 0 Å². The first-order chi connectivity index (χ1) is 10.5. The minimum atomic E-state index is -1.03. The van der Waals surface area contributed by atoms with E-state index in [0.29, 0.717) is 16.4 Å². The molecule has 2 aromatic carbocycles. The summed E-state index contributed by atoms with van der Waals surface area (Å²) >= 11 is 5.87.